The topological polar surface area (TPSA) is 101 Å². The van der Waals surface area contributed by atoms with Gasteiger partial charge >= 0.3 is 0 Å². The summed E-state index contributed by atoms with van der Waals surface area (Å²) in [4.78, 5) is 4.08. The maximum absolute atomic E-state index is 9.79. The van der Waals surface area contributed by atoms with Gasteiger partial charge in [-0.05, 0) is 39.0 Å². The Labute approximate surface area is 150 Å². The molecule has 0 aromatic heterocycles. The summed E-state index contributed by atoms with van der Waals surface area (Å²) in [6, 6.07) is 7.09. The second-order valence-electron chi connectivity index (χ2n) is 6.17. The molecule has 6 nitrogen and oxygen atoms in total. The molecule has 0 radical (unpaired) electrons. The summed E-state index contributed by atoms with van der Waals surface area (Å²) in [6.07, 6.45) is 1.43. The number of phenolic OH excluding ortho intramolecular Hbond substituents is 1. The van der Waals surface area contributed by atoms with E-state index in [2.05, 4.69) is 26.2 Å². The second-order valence-corrected chi connectivity index (χ2v) is 7.03. The van der Waals surface area contributed by atoms with E-state index < -0.39 is 0 Å². The molecule has 1 aromatic rings. The van der Waals surface area contributed by atoms with Crippen LogP contribution in [0.4, 0.5) is 0 Å². The number of allylic oxidation sites excluding steroid dienone is 2. The van der Waals surface area contributed by atoms with E-state index in [1.807, 2.05) is 32.9 Å². The first-order chi connectivity index (χ1) is 11.2. The van der Waals surface area contributed by atoms with Gasteiger partial charge in [0.1, 0.15) is 12.1 Å². The van der Waals surface area contributed by atoms with Gasteiger partial charge in [-0.15, -0.1) is 0 Å². The minimum absolute atomic E-state index is 0.00934. The number of nitrogens with zero attached hydrogens (tertiary/aromatic N) is 3. The molecule has 0 bridgehead atoms. The first-order valence-electron chi connectivity index (χ1n) is 7.10. The Balaban J connectivity index is 3.13. The van der Waals surface area contributed by atoms with Crippen LogP contribution < -0.4 is 10.1 Å². The monoisotopic (exact) mass is 390 g/mol. The first-order valence-corrected chi connectivity index (χ1v) is 7.90. The van der Waals surface area contributed by atoms with Crippen LogP contribution in [0.15, 0.2) is 33.0 Å². The van der Waals surface area contributed by atoms with Gasteiger partial charge in [0.15, 0.2) is 22.9 Å². The minimum Gasteiger partial charge on any atom is -0.503 e. The lowest BCUT2D eigenvalue weighted by molar-refractivity contribution is 0.372. The fraction of sp³-hybridized carbons (Fsp3) is 0.353. The Kier molecular flexibility index (Phi) is 6.82. The number of halogens is 1. The summed E-state index contributed by atoms with van der Waals surface area (Å²) in [5.74, 6) is 0.259. The summed E-state index contributed by atoms with van der Waals surface area (Å²) in [7, 11) is 1.44. The van der Waals surface area contributed by atoms with Crippen molar-refractivity contribution in [2.75, 3.05) is 13.7 Å². The minimum atomic E-state index is -0.0401. The molecule has 0 unspecified atom stereocenters. The molecule has 1 aromatic carbocycles. The Hall–Kier alpha value is -2.51. The number of ether oxygens (including phenoxy) is 1. The number of methoxy groups -OCH3 is 1. The van der Waals surface area contributed by atoms with Gasteiger partial charge in [-0.1, -0.05) is 20.8 Å². The summed E-state index contributed by atoms with van der Waals surface area (Å²) >= 11 is 3.22. The molecule has 0 fully saturated rings. The van der Waals surface area contributed by atoms with E-state index in [0.29, 0.717) is 16.6 Å². The van der Waals surface area contributed by atoms with Crippen LogP contribution in [0.5, 0.6) is 11.5 Å². The van der Waals surface area contributed by atoms with Crippen LogP contribution >= 0.6 is 15.9 Å². The Morgan fingerprint density at radius 2 is 2.04 bits per heavy atom. The van der Waals surface area contributed by atoms with Crippen LogP contribution in [-0.4, -0.2) is 25.0 Å². The van der Waals surface area contributed by atoms with E-state index in [0.717, 1.165) is 0 Å². The van der Waals surface area contributed by atoms with Crippen molar-refractivity contribution < 1.29 is 9.84 Å². The van der Waals surface area contributed by atoms with E-state index in [-0.39, 0.29) is 28.3 Å². The van der Waals surface area contributed by atoms with E-state index in [1.54, 1.807) is 12.1 Å². The molecule has 1 rings (SSSR count). The molecular weight excluding hydrogens is 372 g/mol. The largest absolute Gasteiger partial charge is 0.503 e. The van der Waals surface area contributed by atoms with Gasteiger partial charge in [0, 0.05) is 12.8 Å². The normalized spacial score (nSPS) is 12.3. The number of phenols is 1. The summed E-state index contributed by atoms with van der Waals surface area (Å²) < 4.78 is 5.50. The van der Waals surface area contributed by atoms with Crippen molar-refractivity contribution in [2.45, 2.75) is 20.8 Å². The number of benzene rings is 1. The van der Waals surface area contributed by atoms with Crippen molar-refractivity contribution in [3.63, 3.8) is 0 Å². The fourth-order valence-corrected chi connectivity index (χ4v) is 2.10. The molecule has 24 heavy (non-hydrogen) atoms. The number of nitriles is 2. The van der Waals surface area contributed by atoms with Crippen molar-refractivity contribution in [3.8, 4) is 23.6 Å². The van der Waals surface area contributed by atoms with Crippen LogP contribution in [0, 0.1) is 28.1 Å². The second kappa shape index (κ2) is 8.37. The molecule has 0 amide bonds. The summed E-state index contributed by atoms with van der Waals surface area (Å²) in [6.45, 7) is 6.59. The molecule has 0 atom stereocenters. The predicted octanol–water partition coefficient (Wildman–Crippen LogP) is 3.48. The summed E-state index contributed by atoms with van der Waals surface area (Å²) in [5.41, 5.74) is 0.678. The SMILES string of the molecule is COc1cc(C=N/C(C#N)=C(\C#N)NCC(C)(C)C)cc(Br)c1O. The van der Waals surface area contributed by atoms with Crippen molar-refractivity contribution in [1.82, 2.24) is 5.32 Å². The highest BCUT2D eigenvalue weighted by Gasteiger charge is 2.13. The Morgan fingerprint density at radius 3 is 2.54 bits per heavy atom. The van der Waals surface area contributed by atoms with Gasteiger partial charge in [0.05, 0.1) is 11.6 Å². The van der Waals surface area contributed by atoms with E-state index in [4.69, 9.17) is 4.74 Å². The lowest BCUT2D eigenvalue weighted by Crippen LogP contribution is -2.26. The number of hydrogen-bond donors (Lipinski definition) is 2. The highest BCUT2D eigenvalue weighted by atomic mass is 79.9. The Bertz CT molecular complexity index is 750. The smallest absolute Gasteiger partial charge is 0.174 e. The summed E-state index contributed by atoms with van der Waals surface area (Å²) in [5, 5.41) is 31.2. The number of aliphatic imine (C=N–C) groups is 1. The Morgan fingerprint density at radius 1 is 1.38 bits per heavy atom. The number of rotatable bonds is 5. The number of hydrogen-bond acceptors (Lipinski definition) is 6. The average molecular weight is 391 g/mol. The third-order valence-corrected chi connectivity index (χ3v) is 3.47. The highest BCUT2D eigenvalue weighted by Crippen LogP contribution is 2.34. The lowest BCUT2D eigenvalue weighted by Gasteiger charge is -2.18. The average Bonchev–Trinajstić information content (AvgIpc) is 2.52. The van der Waals surface area contributed by atoms with Crippen molar-refractivity contribution in [1.29, 1.82) is 10.5 Å². The molecule has 0 aliphatic carbocycles. The standard InChI is InChI=1S/C17H19BrN4O2/c1-17(2,3)10-22-14(8-20)13(7-19)21-9-11-5-12(18)16(23)15(6-11)24-4/h5-6,9,22-23H,10H2,1-4H3/b14-13+,21-9?. The maximum atomic E-state index is 9.79. The first kappa shape index (κ1) is 19.5. The number of aromatic hydroxyl groups is 1. The van der Waals surface area contributed by atoms with E-state index in [9.17, 15) is 15.6 Å². The van der Waals surface area contributed by atoms with Crippen molar-refractivity contribution in [3.05, 3.63) is 33.6 Å². The highest BCUT2D eigenvalue weighted by molar-refractivity contribution is 9.10. The predicted molar refractivity (Wildman–Crippen MR) is 95.7 cm³/mol. The van der Waals surface area contributed by atoms with Gasteiger partial charge in [0.2, 0.25) is 0 Å². The van der Waals surface area contributed by atoms with Crippen LogP contribution in [0.3, 0.4) is 0 Å². The van der Waals surface area contributed by atoms with E-state index >= 15 is 0 Å². The van der Waals surface area contributed by atoms with Crippen molar-refractivity contribution >= 4 is 22.1 Å². The maximum Gasteiger partial charge on any atom is 0.174 e. The molecular formula is C17H19BrN4O2. The van der Waals surface area contributed by atoms with Crippen molar-refractivity contribution in [2.24, 2.45) is 10.4 Å². The number of nitrogens with one attached hydrogen (secondary N) is 1. The molecule has 0 aliphatic rings. The molecule has 7 heteroatoms. The zero-order chi connectivity index (χ0) is 18.3. The quantitative estimate of drug-likeness (QED) is 0.591. The van der Waals surface area contributed by atoms with Gasteiger partial charge in [0.25, 0.3) is 0 Å². The van der Waals surface area contributed by atoms with Gasteiger partial charge in [-0.25, -0.2) is 4.99 Å². The molecule has 0 saturated heterocycles. The molecule has 2 N–H and O–H groups in total. The fourth-order valence-electron chi connectivity index (χ4n) is 1.64. The molecule has 0 aliphatic heterocycles. The third-order valence-electron chi connectivity index (χ3n) is 2.86. The molecule has 0 heterocycles. The zero-order valence-electron chi connectivity index (χ0n) is 14.0. The molecule has 0 spiro atoms. The van der Waals surface area contributed by atoms with Gasteiger partial charge in [-0.2, -0.15) is 10.5 Å². The van der Waals surface area contributed by atoms with Gasteiger partial charge < -0.3 is 15.2 Å². The van der Waals surface area contributed by atoms with Crippen LogP contribution in [0.1, 0.15) is 26.3 Å². The van der Waals surface area contributed by atoms with Crippen LogP contribution in [0.2, 0.25) is 0 Å². The zero-order valence-corrected chi connectivity index (χ0v) is 15.6. The van der Waals surface area contributed by atoms with Gasteiger partial charge in [-0.3, -0.25) is 0 Å². The van der Waals surface area contributed by atoms with Crippen LogP contribution in [0.25, 0.3) is 0 Å². The van der Waals surface area contributed by atoms with Crippen LogP contribution in [-0.2, 0) is 0 Å². The lowest BCUT2D eigenvalue weighted by atomic mass is 9.97. The van der Waals surface area contributed by atoms with E-state index in [1.165, 1.54) is 13.3 Å². The molecule has 126 valence electrons. The third kappa shape index (κ3) is 5.60. The molecule has 0 saturated carbocycles.